The summed E-state index contributed by atoms with van der Waals surface area (Å²) in [6.07, 6.45) is 2.28. The Kier molecular flexibility index (Phi) is 70.2. The molecule has 0 nitrogen and oxygen atoms in total. The van der Waals surface area contributed by atoms with Gasteiger partial charge in [0.15, 0.2) is 0 Å². The first-order valence-electron chi connectivity index (χ1n) is 2.12. The summed E-state index contributed by atoms with van der Waals surface area (Å²) in [6, 6.07) is 0. The van der Waals surface area contributed by atoms with Crippen LogP contribution in [0.4, 0.5) is 0 Å². The molecule has 0 aliphatic carbocycles. The summed E-state index contributed by atoms with van der Waals surface area (Å²) < 4.78 is 0. The smallest absolute Gasteiger partial charge is 0.521 e. The first kappa shape index (κ1) is 15.6. The van der Waals surface area contributed by atoms with Crippen LogP contribution in [0.3, 0.4) is 0 Å². The summed E-state index contributed by atoms with van der Waals surface area (Å²) >= 11 is 0. The quantitative estimate of drug-likeness (QED) is 0.355. The molecular formula is C6H12Mg. The Labute approximate surface area is 63.2 Å². The Bertz CT molecular complexity index is 11.7. The van der Waals surface area contributed by atoms with Crippen LogP contribution in [0.5, 0.6) is 0 Å². The van der Waals surface area contributed by atoms with Gasteiger partial charge in [-0.25, -0.2) is 0 Å². The van der Waals surface area contributed by atoms with Crippen LogP contribution in [0.2, 0.25) is 0 Å². The Hall–Kier alpha value is 0.506. The van der Waals surface area contributed by atoms with Crippen LogP contribution in [0, 0.1) is 13.5 Å². The molecule has 0 saturated heterocycles. The van der Waals surface area contributed by atoms with Gasteiger partial charge in [0.25, 0.3) is 0 Å². The van der Waals surface area contributed by atoms with Gasteiger partial charge in [0.05, 0.1) is 0 Å². The molecule has 0 aromatic heterocycles. The van der Waals surface area contributed by atoms with Crippen molar-refractivity contribution in [1.29, 1.82) is 0 Å². The van der Waals surface area contributed by atoms with Gasteiger partial charge in [-0.05, 0) is 0 Å². The first-order chi connectivity index (χ1) is 2.91. The van der Waals surface area contributed by atoms with Crippen molar-refractivity contribution in [2.24, 2.45) is 0 Å². The minimum Gasteiger partial charge on any atom is -0.521 e. The van der Waals surface area contributed by atoms with Gasteiger partial charge in [0, 0.05) is 0 Å². The molecule has 0 atom stereocenters. The zero-order valence-electron chi connectivity index (χ0n) is 5.11. The van der Waals surface area contributed by atoms with Crippen molar-refractivity contribution in [3.05, 3.63) is 20.1 Å². The molecule has 0 aromatic carbocycles. The van der Waals surface area contributed by atoms with Crippen molar-refractivity contribution in [3.63, 3.8) is 0 Å². The SMILES string of the molecule is [CH-]=C.[CH2-]CCC.[Mg+2]. The van der Waals surface area contributed by atoms with Crippen molar-refractivity contribution in [2.45, 2.75) is 19.8 Å². The van der Waals surface area contributed by atoms with E-state index < -0.39 is 0 Å². The predicted octanol–water partition coefficient (Wildman–Crippen LogP) is 1.85. The zero-order chi connectivity index (χ0) is 5.41. The van der Waals surface area contributed by atoms with Gasteiger partial charge in [-0.3, -0.25) is 6.58 Å². The zero-order valence-corrected chi connectivity index (χ0v) is 6.53. The van der Waals surface area contributed by atoms with Crippen LogP contribution in [0.1, 0.15) is 19.8 Å². The molecule has 38 valence electrons. The van der Waals surface area contributed by atoms with Crippen LogP contribution < -0.4 is 0 Å². The molecule has 0 radical (unpaired) electrons. The van der Waals surface area contributed by atoms with E-state index in [0.717, 1.165) is 6.42 Å². The summed E-state index contributed by atoms with van der Waals surface area (Å²) in [5, 5.41) is 0. The molecule has 0 bridgehead atoms. The van der Waals surface area contributed by atoms with Gasteiger partial charge < -0.3 is 13.5 Å². The van der Waals surface area contributed by atoms with Crippen molar-refractivity contribution >= 4 is 23.1 Å². The molecule has 0 unspecified atom stereocenters. The molecule has 7 heavy (non-hydrogen) atoms. The third-order valence-electron chi connectivity index (χ3n) is 0.354. The molecule has 0 spiro atoms. The second-order valence-corrected chi connectivity index (χ2v) is 0.854. The molecule has 0 rings (SSSR count). The minimum atomic E-state index is 0. The maximum atomic E-state index is 4.25. The maximum absolute atomic E-state index is 4.25. The van der Waals surface area contributed by atoms with Crippen molar-refractivity contribution < 1.29 is 0 Å². The summed E-state index contributed by atoms with van der Waals surface area (Å²) in [7, 11) is 0. The molecule has 0 aliphatic rings. The maximum Gasteiger partial charge on any atom is 2.00 e. The summed E-state index contributed by atoms with van der Waals surface area (Å²) in [5.41, 5.74) is 0. The monoisotopic (exact) mass is 108 g/mol. The fraction of sp³-hybridized carbons (Fsp3) is 0.500. The van der Waals surface area contributed by atoms with E-state index in [9.17, 15) is 0 Å². The molecular weight excluding hydrogens is 96.4 g/mol. The normalized spacial score (nSPS) is 4.86. The Morgan fingerprint density at radius 3 is 1.71 bits per heavy atom. The molecule has 0 saturated carbocycles. The van der Waals surface area contributed by atoms with Crippen LogP contribution in [-0.4, -0.2) is 23.1 Å². The standard InChI is InChI=1S/C4H9.C2H3.Mg/c1-3-4-2;1-2;/h1,3-4H2,2H3;1H,2H2;/q2*-1;+2. The van der Waals surface area contributed by atoms with E-state index >= 15 is 0 Å². The van der Waals surface area contributed by atoms with E-state index in [-0.39, 0.29) is 23.1 Å². The average Bonchev–Trinajstić information content (AvgIpc) is 1.72. The van der Waals surface area contributed by atoms with Crippen molar-refractivity contribution in [1.82, 2.24) is 0 Å². The molecule has 0 aliphatic heterocycles. The number of rotatable bonds is 1. The summed E-state index contributed by atoms with van der Waals surface area (Å²) in [6.45, 7) is 12.7. The van der Waals surface area contributed by atoms with Crippen LogP contribution in [0.15, 0.2) is 6.58 Å². The number of hydrogen-bond acceptors (Lipinski definition) is 0. The average molecular weight is 108 g/mol. The van der Waals surface area contributed by atoms with E-state index in [1.807, 2.05) is 0 Å². The van der Waals surface area contributed by atoms with E-state index in [1.54, 1.807) is 0 Å². The van der Waals surface area contributed by atoms with Gasteiger partial charge in [-0.1, -0.05) is 13.3 Å². The Balaban J connectivity index is -0.0000000480. The van der Waals surface area contributed by atoms with Gasteiger partial charge in [-0.15, -0.1) is 0 Å². The molecule has 0 fully saturated rings. The van der Waals surface area contributed by atoms with Crippen molar-refractivity contribution in [3.8, 4) is 0 Å². The third kappa shape index (κ3) is 58.2. The van der Waals surface area contributed by atoms with Crippen LogP contribution >= 0.6 is 0 Å². The predicted molar refractivity (Wildman–Crippen MR) is 35.9 cm³/mol. The summed E-state index contributed by atoms with van der Waals surface area (Å²) in [4.78, 5) is 0. The fourth-order valence-corrected chi connectivity index (χ4v) is 0. The topological polar surface area (TPSA) is 0 Å². The number of hydrogen-bond donors (Lipinski definition) is 0. The fourth-order valence-electron chi connectivity index (χ4n) is 0. The molecule has 1 heteroatoms. The van der Waals surface area contributed by atoms with Gasteiger partial charge in [-0.2, -0.15) is 6.42 Å². The Morgan fingerprint density at radius 2 is 1.71 bits per heavy atom. The van der Waals surface area contributed by atoms with Gasteiger partial charge >= 0.3 is 23.1 Å². The number of unbranched alkanes of at least 4 members (excludes halogenated alkanes) is 1. The van der Waals surface area contributed by atoms with E-state index in [1.165, 1.54) is 6.42 Å². The van der Waals surface area contributed by atoms with Gasteiger partial charge in [0.1, 0.15) is 0 Å². The molecule has 0 amide bonds. The van der Waals surface area contributed by atoms with E-state index in [0.29, 0.717) is 0 Å². The minimum absolute atomic E-state index is 0. The summed E-state index contributed by atoms with van der Waals surface area (Å²) in [5.74, 6) is 0. The molecule has 0 N–H and O–H groups in total. The molecule has 0 aromatic rings. The van der Waals surface area contributed by atoms with Crippen molar-refractivity contribution in [2.75, 3.05) is 0 Å². The van der Waals surface area contributed by atoms with E-state index in [4.69, 9.17) is 0 Å². The van der Waals surface area contributed by atoms with Gasteiger partial charge in [0.2, 0.25) is 0 Å². The second kappa shape index (κ2) is 31.4. The van der Waals surface area contributed by atoms with Crippen LogP contribution in [0.25, 0.3) is 0 Å². The van der Waals surface area contributed by atoms with E-state index in [2.05, 4.69) is 27.0 Å². The third-order valence-corrected chi connectivity index (χ3v) is 0.354. The molecule has 0 heterocycles. The Morgan fingerprint density at radius 1 is 1.57 bits per heavy atom. The van der Waals surface area contributed by atoms with Crippen LogP contribution in [-0.2, 0) is 0 Å². The second-order valence-electron chi connectivity index (χ2n) is 0.854. The first-order valence-corrected chi connectivity index (χ1v) is 2.12. The largest absolute Gasteiger partial charge is 2.00 e.